The third kappa shape index (κ3) is 2.77. The van der Waals surface area contributed by atoms with Gasteiger partial charge in [0.1, 0.15) is 6.61 Å². The predicted molar refractivity (Wildman–Crippen MR) is 75.4 cm³/mol. The van der Waals surface area contributed by atoms with Gasteiger partial charge in [0, 0.05) is 0 Å². The molecule has 1 aromatic carbocycles. The zero-order chi connectivity index (χ0) is 14.8. The van der Waals surface area contributed by atoms with Crippen molar-refractivity contribution in [3.8, 4) is 0 Å². The van der Waals surface area contributed by atoms with Crippen LogP contribution in [0, 0.1) is 17.8 Å². The second kappa shape index (κ2) is 5.60. The Morgan fingerprint density at radius 3 is 2.62 bits per heavy atom. The number of nitrogens with one attached hydrogen (secondary N) is 1. The average molecular weight is 287 g/mol. The van der Waals surface area contributed by atoms with Crippen molar-refractivity contribution in [3.63, 3.8) is 0 Å². The fraction of sp³-hybridized carbons (Fsp3) is 0.375. The van der Waals surface area contributed by atoms with Crippen molar-refractivity contribution in [3.05, 3.63) is 48.0 Å². The third-order valence-corrected chi connectivity index (χ3v) is 4.24. The number of carboxylic acids is 1. The number of benzene rings is 1. The molecule has 5 nitrogen and oxygen atoms in total. The minimum absolute atomic E-state index is 0.0203. The largest absolute Gasteiger partial charge is 0.481 e. The van der Waals surface area contributed by atoms with Gasteiger partial charge >= 0.3 is 12.1 Å². The normalized spacial score (nSPS) is 29.3. The van der Waals surface area contributed by atoms with Gasteiger partial charge in [-0.2, -0.15) is 0 Å². The van der Waals surface area contributed by atoms with Gasteiger partial charge in [-0.3, -0.25) is 4.79 Å². The molecule has 2 bridgehead atoms. The lowest BCUT2D eigenvalue weighted by Gasteiger charge is -2.25. The van der Waals surface area contributed by atoms with E-state index in [-0.39, 0.29) is 24.5 Å². The first-order chi connectivity index (χ1) is 10.1. The number of rotatable bonds is 4. The van der Waals surface area contributed by atoms with E-state index >= 15 is 0 Å². The fourth-order valence-electron chi connectivity index (χ4n) is 3.26. The third-order valence-electron chi connectivity index (χ3n) is 4.24. The van der Waals surface area contributed by atoms with Gasteiger partial charge in [0.05, 0.1) is 12.0 Å². The summed E-state index contributed by atoms with van der Waals surface area (Å²) in [5.41, 5.74) is 0.898. The van der Waals surface area contributed by atoms with E-state index in [2.05, 4.69) is 5.32 Å². The number of aliphatic carboxylic acids is 1. The summed E-state index contributed by atoms with van der Waals surface area (Å²) in [6.07, 6.45) is 4.17. The molecule has 0 saturated heterocycles. The minimum Gasteiger partial charge on any atom is -0.481 e. The highest BCUT2D eigenvalue weighted by Crippen LogP contribution is 2.43. The highest BCUT2D eigenvalue weighted by Gasteiger charge is 2.49. The van der Waals surface area contributed by atoms with Crippen LogP contribution in [0.25, 0.3) is 0 Å². The van der Waals surface area contributed by atoms with Crippen LogP contribution in [-0.4, -0.2) is 23.2 Å². The Labute approximate surface area is 122 Å². The SMILES string of the molecule is O=C(NC1C2C=CC(C2)[C@H]1C(=O)O)OCc1ccccc1. The molecule has 3 unspecified atom stereocenters. The van der Waals surface area contributed by atoms with Crippen LogP contribution in [0.2, 0.25) is 0 Å². The summed E-state index contributed by atoms with van der Waals surface area (Å²) in [7, 11) is 0. The highest BCUT2D eigenvalue weighted by atomic mass is 16.5. The van der Waals surface area contributed by atoms with Gasteiger partial charge in [-0.1, -0.05) is 42.5 Å². The Balaban J connectivity index is 1.57. The average Bonchev–Trinajstić information content (AvgIpc) is 3.07. The smallest absolute Gasteiger partial charge is 0.407 e. The van der Waals surface area contributed by atoms with Crippen LogP contribution in [0.1, 0.15) is 12.0 Å². The maximum Gasteiger partial charge on any atom is 0.407 e. The molecular weight excluding hydrogens is 270 g/mol. The van der Waals surface area contributed by atoms with E-state index < -0.39 is 18.0 Å². The van der Waals surface area contributed by atoms with Crippen molar-refractivity contribution < 1.29 is 19.4 Å². The van der Waals surface area contributed by atoms with Crippen molar-refractivity contribution >= 4 is 12.1 Å². The molecule has 0 spiro atoms. The number of allylic oxidation sites excluding steroid dienone is 1. The van der Waals surface area contributed by atoms with Crippen molar-refractivity contribution in [2.24, 2.45) is 17.8 Å². The maximum atomic E-state index is 11.9. The van der Waals surface area contributed by atoms with E-state index in [9.17, 15) is 14.7 Å². The topological polar surface area (TPSA) is 75.6 Å². The van der Waals surface area contributed by atoms with E-state index in [0.717, 1.165) is 12.0 Å². The van der Waals surface area contributed by atoms with Crippen molar-refractivity contribution in [2.45, 2.75) is 19.1 Å². The Hall–Kier alpha value is -2.30. The molecule has 1 amide bonds. The van der Waals surface area contributed by atoms with Crippen LogP contribution in [0.15, 0.2) is 42.5 Å². The van der Waals surface area contributed by atoms with Crippen LogP contribution in [-0.2, 0) is 16.1 Å². The number of amides is 1. The Kier molecular flexibility index (Phi) is 3.64. The molecule has 0 heterocycles. The molecule has 3 rings (SSSR count). The highest BCUT2D eigenvalue weighted by molar-refractivity contribution is 5.75. The van der Waals surface area contributed by atoms with Crippen molar-refractivity contribution in [1.29, 1.82) is 0 Å². The van der Waals surface area contributed by atoms with Crippen LogP contribution in [0.5, 0.6) is 0 Å². The van der Waals surface area contributed by atoms with Crippen molar-refractivity contribution in [1.82, 2.24) is 5.32 Å². The lowest BCUT2D eigenvalue weighted by Crippen LogP contribution is -2.45. The summed E-state index contributed by atoms with van der Waals surface area (Å²) in [6.45, 7) is 0.182. The molecule has 2 N–H and O–H groups in total. The van der Waals surface area contributed by atoms with E-state index in [1.54, 1.807) is 0 Å². The molecule has 1 saturated carbocycles. The first-order valence-electron chi connectivity index (χ1n) is 7.03. The molecule has 21 heavy (non-hydrogen) atoms. The summed E-state index contributed by atoms with van der Waals surface area (Å²) in [4.78, 5) is 23.2. The number of carbonyl (C=O) groups is 2. The Morgan fingerprint density at radius 2 is 1.90 bits per heavy atom. The molecule has 2 aliphatic rings. The molecule has 1 aromatic rings. The van der Waals surface area contributed by atoms with Gasteiger partial charge in [0.2, 0.25) is 0 Å². The quantitative estimate of drug-likeness (QED) is 0.832. The molecular formula is C16H17NO4. The summed E-state index contributed by atoms with van der Waals surface area (Å²) >= 11 is 0. The molecule has 0 aromatic heterocycles. The standard InChI is InChI=1S/C16H17NO4/c18-15(19)13-11-6-7-12(8-11)14(13)17-16(20)21-9-10-4-2-1-3-5-10/h1-7,11-14H,8-9H2,(H,17,20)(H,18,19)/t11?,12?,13-,14?/m1/s1. The number of fused-ring (bicyclic) bond motifs is 2. The second-order valence-electron chi connectivity index (χ2n) is 5.54. The number of ether oxygens (including phenoxy) is 1. The van der Waals surface area contributed by atoms with E-state index in [1.165, 1.54) is 0 Å². The van der Waals surface area contributed by atoms with Gasteiger partial charge in [-0.25, -0.2) is 4.79 Å². The van der Waals surface area contributed by atoms with Crippen LogP contribution in [0.3, 0.4) is 0 Å². The summed E-state index contributed by atoms with van der Waals surface area (Å²) < 4.78 is 5.16. The van der Waals surface area contributed by atoms with Crippen LogP contribution >= 0.6 is 0 Å². The molecule has 110 valence electrons. The zero-order valence-electron chi connectivity index (χ0n) is 11.4. The summed E-state index contributed by atoms with van der Waals surface area (Å²) in [5, 5.41) is 12.0. The predicted octanol–water partition coefficient (Wildman–Crippen LogP) is 2.19. The number of hydrogen-bond acceptors (Lipinski definition) is 3. The first-order valence-corrected chi connectivity index (χ1v) is 7.03. The van der Waals surface area contributed by atoms with Gasteiger partial charge < -0.3 is 15.2 Å². The molecule has 5 heteroatoms. The molecule has 4 atom stereocenters. The van der Waals surface area contributed by atoms with E-state index in [4.69, 9.17) is 4.74 Å². The van der Waals surface area contributed by atoms with Gasteiger partial charge in [0.25, 0.3) is 0 Å². The lowest BCUT2D eigenvalue weighted by atomic mass is 9.89. The van der Waals surface area contributed by atoms with E-state index in [1.807, 2.05) is 42.5 Å². The fourth-order valence-corrected chi connectivity index (χ4v) is 3.26. The Bertz CT molecular complexity index is 569. The van der Waals surface area contributed by atoms with Gasteiger partial charge in [0.15, 0.2) is 0 Å². The number of alkyl carbamates (subject to hydrolysis) is 1. The second-order valence-corrected chi connectivity index (χ2v) is 5.54. The summed E-state index contributed by atoms with van der Waals surface area (Å²) in [6, 6.07) is 9.00. The van der Waals surface area contributed by atoms with Crippen LogP contribution < -0.4 is 5.32 Å². The zero-order valence-corrected chi connectivity index (χ0v) is 11.4. The molecule has 0 aliphatic heterocycles. The molecule has 0 radical (unpaired) electrons. The monoisotopic (exact) mass is 287 g/mol. The number of carboxylic acid groups (broad SMARTS) is 1. The molecule has 2 aliphatic carbocycles. The van der Waals surface area contributed by atoms with Gasteiger partial charge in [-0.05, 0) is 23.8 Å². The first kappa shape index (κ1) is 13.7. The lowest BCUT2D eigenvalue weighted by molar-refractivity contribution is -0.143. The Morgan fingerprint density at radius 1 is 1.19 bits per heavy atom. The number of carbonyl (C=O) groups excluding carboxylic acids is 1. The van der Waals surface area contributed by atoms with Gasteiger partial charge in [-0.15, -0.1) is 0 Å². The van der Waals surface area contributed by atoms with Crippen LogP contribution in [0.4, 0.5) is 4.79 Å². The molecule has 1 fully saturated rings. The minimum atomic E-state index is -0.861. The van der Waals surface area contributed by atoms with E-state index in [0.29, 0.717) is 0 Å². The maximum absolute atomic E-state index is 11.9. The van der Waals surface area contributed by atoms with Crippen molar-refractivity contribution in [2.75, 3.05) is 0 Å². The number of hydrogen-bond donors (Lipinski definition) is 2. The summed E-state index contributed by atoms with van der Waals surface area (Å²) in [5.74, 6) is -1.29.